The second-order valence-corrected chi connectivity index (χ2v) is 5.41. The van der Waals surface area contributed by atoms with Gasteiger partial charge in [0.05, 0.1) is 0 Å². The van der Waals surface area contributed by atoms with E-state index in [1.165, 1.54) is 38.6 Å². The van der Waals surface area contributed by atoms with Crippen molar-refractivity contribution in [2.75, 3.05) is 19.7 Å². The zero-order chi connectivity index (χ0) is 16.5. The van der Waals surface area contributed by atoms with Gasteiger partial charge in [0.1, 0.15) is 5.75 Å². The molecule has 5 nitrogen and oxygen atoms in total. The molecule has 0 aliphatic carbocycles. The van der Waals surface area contributed by atoms with Gasteiger partial charge in [-0.1, -0.05) is 30.7 Å². The standard InChI is InChI=1S/C13H12N2O2.C5H11N.H2/c14-7-9-5-6-12(17-8-13(15)16)11-4-2-1-3-10(9)11;1-2-4-6-5-3-1;/h1-7,14H,8H2,(H2,15,16);6H,1-5H2;1H. The van der Waals surface area contributed by atoms with Crippen molar-refractivity contribution in [2.45, 2.75) is 19.3 Å². The number of ether oxygens (including phenoxy) is 1. The van der Waals surface area contributed by atoms with Crippen LogP contribution < -0.4 is 15.8 Å². The second-order valence-electron chi connectivity index (χ2n) is 5.41. The quantitative estimate of drug-likeness (QED) is 0.758. The Balaban J connectivity index is 0.000000349. The average Bonchev–Trinajstić information content (AvgIpc) is 2.61. The van der Waals surface area contributed by atoms with E-state index in [1.807, 2.05) is 24.3 Å². The summed E-state index contributed by atoms with van der Waals surface area (Å²) in [7, 11) is 0. The molecule has 124 valence electrons. The molecule has 1 amide bonds. The van der Waals surface area contributed by atoms with Gasteiger partial charge in [0.15, 0.2) is 6.61 Å². The molecule has 2 aromatic carbocycles. The van der Waals surface area contributed by atoms with Gasteiger partial charge < -0.3 is 21.2 Å². The van der Waals surface area contributed by atoms with E-state index < -0.39 is 5.91 Å². The first kappa shape index (κ1) is 17.0. The predicted molar refractivity (Wildman–Crippen MR) is 95.4 cm³/mol. The van der Waals surface area contributed by atoms with Crippen LogP contribution in [0.5, 0.6) is 5.75 Å². The molecule has 23 heavy (non-hydrogen) atoms. The summed E-state index contributed by atoms with van der Waals surface area (Å²) < 4.78 is 5.33. The Bertz CT molecular complexity index is 661. The van der Waals surface area contributed by atoms with Gasteiger partial charge in [0.25, 0.3) is 5.91 Å². The molecule has 0 unspecified atom stereocenters. The van der Waals surface area contributed by atoms with Crippen LogP contribution in [0.2, 0.25) is 0 Å². The van der Waals surface area contributed by atoms with Crippen molar-refractivity contribution >= 4 is 22.9 Å². The topological polar surface area (TPSA) is 88.2 Å². The Morgan fingerprint density at radius 2 is 1.87 bits per heavy atom. The molecule has 1 saturated heterocycles. The van der Waals surface area contributed by atoms with Crippen molar-refractivity contribution in [3.8, 4) is 5.75 Å². The molecule has 0 spiro atoms. The highest BCUT2D eigenvalue weighted by molar-refractivity contribution is 6.01. The Morgan fingerprint density at radius 3 is 2.39 bits per heavy atom. The third kappa shape index (κ3) is 5.07. The summed E-state index contributed by atoms with van der Waals surface area (Å²) in [6.07, 6.45) is 5.51. The van der Waals surface area contributed by atoms with E-state index in [2.05, 4.69) is 5.32 Å². The highest BCUT2D eigenvalue weighted by atomic mass is 16.5. The average molecular weight is 315 g/mol. The summed E-state index contributed by atoms with van der Waals surface area (Å²) in [5, 5.41) is 12.4. The maximum atomic E-state index is 10.7. The van der Waals surface area contributed by atoms with Crippen molar-refractivity contribution in [3.05, 3.63) is 42.0 Å². The van der Waals surface area contributed by atoms with Crippen LogP contribution in [0.25, 0.3) is 10.8 Å². The van der Waals surface area contributed by atoms with Crippen molar-refractivity contribution in [1.29, 1.82) is 5.41 Å². The number of hydrogen-bond donors (Lipinski definition) is 3. The first-order chi connectivity index (χ1) is 11.2. The summed E-state index contributed by atoms with van der Waals surface area (Å²) in [5.41, 5.74) is 5.85. The molecule has 1 aliphatic heterocycles. The van der Waals surface area contributed by atoms with Gasteiger partial charge in [-0.3, -0.25) is 4.79 Å². The normalized spacial score (nSPS) is 13.7. The number of carbonyl (C=O) groups is 1. The van der Waals surface area contributed by atoms with Crippen LogP contribution in [0.1, 0.15) is 26.3 Å². The number of fused-ring (bicyclic) bond motifs is 1. The van der Waals surface area contributed by atoms with E-state index in [1.54, 1.807) is 12.1 Å². The SMILES string of the molecule is C1CCNCC1.N=Cc1ccc(OCC(N)=O)c2ccccc12.[HH]. The molecular formula is C18H25N3O2. The maximum absolute atomic E-state index is 10.7. The van der Waals surface area contributed by atoms with Crippen molar-refractivity contribution < 1.29 is 11.0 Å². The van der Waals surface area contributed by atoms with Gasteiger partial charge >= 0.3 is 0 Å². The molecule has 5 heteroatoms. The fourth-order valence-corrected chi connectivity index (χ4v) is 2.50. The molecule has 0 aromatic heterocycles. The minimum Gasteiger partial charge on any atom is -0.483 e. The molecule has 1 aliphatic rings. The van der Waals surface area contributed by atoms with E-state index in [-0.39, 0.29) is 8.03 Å². The lowest BCUT2D eigenvalue weighted by Gasteiger charge is -2.09. The zero-order valence-corrected chi connectivity index (χ0v) is 13.2. The lowest BCUT2D eigenvalue weighted by atomic mass is 10.0. The molecule has 0 atom stereocenters. The Labute approximate surface area is 137 Å². The van der Waals surface area contributed by atoms with Crippen LogP contribution in [0.4, 0.5) is 0 Å². The lowest BCUT2D eigenvalue weighted by molar-refractivity contribution is -0.119. The summed E-state index contributed by atoms with van der Waals surface area (Å²) >= 11 is 0. The first-order valence-corrected chi connectivity index (χ1v) is 7.86. The number of piperidine rings is 1. The molecular weight excluding hydrogens is 290 g/mol. The van der Waals surface area contributed by atoms with Crippen molar-refractivity contribution in [2.24, 2.45) is 5.73 Å². The maximum Gasteiger partial charge on any atom is 0.255 e. The van der Waals surface area contributed by atoms with Crippen molar-refractivity contribution in [1.82, 2.24) is 5.32 Å². The van der Waals surface area contributed by atoms with E-state index in [0.717, 1.165) is 16.3 Å². The van der Waals surface area contributed by atoms with E-state index in [9.17, 15) is 4.79 Å². The van der Waals surface area contributed by atoms with Crippen LogP contribution in [0.15, 0.2) is 36.4 Å². The largest absolute Gasteiger partial charge is 0.483 e. The summed E-state index contributed by atoms with van der Waals surface area (Å²) in [6, 6.07) is 11.1. The van der Waals surface area contributed by atoms with Gasteiger partial charge in [-0.05, 0) is 43.5 Å². The van der Waals surface area contributed by atoms with Gasteiger partial charge in [-0.15, -0.1) is 0 Å². The molecule has 2 aromatic rings. The highest BCUT2D eigenvalue weighted by Gasteiger charge is 2.06. The molecule has 0 radical (unpaired) electrons. The molecule has 1 heterocycles. The fourth-order valence-electron chi connectivity index (χ4n) is 2.50. The minimum absolute atomic E-state index is 0. The molecule has 3 rings (SSSR count). The fraction of sp³-hybridized carbons (Fsp3) is 0.333. The zero-order valence-electron chi connectivity index (χ0n) is 13.2. The van der Waals surface area contributed by atoms with Gasteiger partial charge in [-0.25, -0.2) is 0 Å². The monoisotopic (exact) mass is 315 g/mol. The first-order valence-electron chi connectivity index (χ1n) is 7.86. The van der Waals surface area contributed by atoms with Crippen LogP contribution >= 0.6 is 0 Å². The summed E-state index contributed by atoms with van der Waals surface area (Å²) in [5.74, 6) is 0.0928. The van der Waals surface area contributed by atoms with Crippen LogP contribution in [0, 0.1) is 5.41 Å². The number of nitrogens with two attached hydrogens (primary N) is 1. The molecule has 0 saturated carbocycles. The Morgan fingerprint density at radius 1 is 1.17 bits per heavy atom. The Hall–Kier alpha value is -2.40. The Kier molecular flexibility index (Phi) is 6.56. The lowest BCUT2D eigenvalue weighted by Crippen LogP contribution is -2.21. The molecule has 0 bridgehead atoms. The summed E-state index contributed by atoms with van der Waals surface area (Å²) in [4.78, 5) is 10.7. The van der Waals surface area contributed by atoms with E-state index in [0.29, 0.717) is 5.75 Å². The number of hydrogen-bond acceptors (Lipinski definition) is 4. The van der Waals surface area contributed by atoms with Crippen LogP contribution in [-0.4, -0.2) is 31.8 Å². The van der Waals surface area contributed by atoms with E-state index >= 15 is 0 Å². The molecule has 4 N–H and O–H groups in total. The highest BCUT2D eigenvalue weighted by Crippen LogP contribution is 2.27. The number of carbonyl (C=O) groups excluding carboxylic acids is 1. The third-order valence-corrected chi connectivity index (χ3v) is 3.65. The molecule has 1 fully saturated rings. The van der Waals surface area contributed by atoms with Crippen LogP contribution in [-0.2, 0) is 4.79 Å². The minimum atomic E-state index is -0.509. The number of primary amides is 1. The number of amides is 1. The predicted octanol–water partition coefficient (Wildman–Crippen LogP) is 2.71. The van der Waals surface area contributed by atoms with E-state index in [4.69, 9.17) is 15.9 Å². The second kappa shape index (κ2) is 8.90. The van der Waals surface area contributed by atoms with Gasteiger partial charge in [0.2, 0.25) is 0 Å². The smallest absolute Gasteiger partial charge is 0.255 e. The summed E-state index contributed by atoms with van der Waals surface area (Å²) in [6.45, 7) is 2.36. The number of benzene rings is 2. The van der Waals surface area contributed by atoms with Gasteiger partial charge in [-0.2, -0.15) is 0 Å². The number of nitrogens with one attached hydrogen (secondary N) is 2. The van der Waals surface area contributed by atoms with Crippen molar-refractivity contribution in [3.63, 3.8) is 0 Å². The van der Waals surface area contributed by atoms with Crippen LogP contribution in [0.3, 0.4) is 0 Å². The van der Waals surface area contributed by atoms with Gasteiger partial charge in [0, 0.05) is 18.6 Å². The third-order valence-electron chi connectivity index (χ3n) is 3.65. The number of rotatable bonds is 4.